The maximum absolute atomic E-state index is 12.5. The number of rotatable bonds is 3. The molecule has 0 saturated carbocycles. The molecule has 0 bridgehead atoms. The summed E-state index contributed by atoms with van der Waals surface area (Å²) in [6.45, 7) is 1.54. The van der Waals surface area contributed by atoms with Gasteiger partial charge in [0, 0.05) is 7.11 Å². The quantitative estimate of drug-likeness (QED) is 0.615. The molecular weight excluding hydrogens is 336 g/mol. The highest BCUT2D eigenvalue weighted by Gasteiger charge is 2.31. The number of alkyl halides is 3. The zero-order valence-electron chi connectivity index (χ0n) is 8.69. The molecule has 90 valence electrons. The SMILES string of the molecule is COCOc1cc(C(F)(F)F)cc(C)c1I. The van der Waals surface area contributed by atoms with Crippen LogP contribution >= 0.6 is 22.6 Å². The van der Waals surface area contributed by atoms with Crippen LogP contribution in [0.15, 0.2) is 12.1 Å². The van der Waals surface area contributed by atoms with E-state index in [-0.39, 0.29) is 12.5 Å². The van der Waals surface area contributed by atoms with Gasteiger partial charge in [0.1, 0.15) is 5.75 Å². The number of halogens is 4. The third-order valence-electron chi connectivity index (χ3n) is 1.88. The van der Waals surface area contributed by atoms with Crippen LogP contribution in [-0.2, 0) is 10.9 Å². The Morgan fingerprint density at radius 1 is 1.31 bits per heavy atom. The van der Waals surface area contributed by atoms with Crippen LogP contribution in [0, 0.1) is 10.5 Å². The summed E-state index contributed by atoms with van der Waals surface area (Å²) >= 11 is 1.94. The van der Waals surface area contributed by atoms with Gasteiger partial charge in [-0.15, -0.1) is 0 Å². The van der Waals surface area contributed by atoms with E-state index in [1.54, 1.807) is 6.92 Å². The van der Waals surface area contributed by atoms with Crippen molar-refractivity contribution in [3.05, 3.63) is 26.8 Å². The van der Waals surface area contributed by atoms with Crippen molar-refractivity contribution < 1.29 is 22.6 Å². The third-order valence-corrected chi connectivity index (χ3v) is 3.26. The fraction of sp³-hybridized carbons (Fsp3) is 0.400. The second-order valence-corrected chi connectivity index (χ2v) is 4.23. The normalized spacial score (nSPS) is 11.6. The van der Waals surface area contributed by atoms with Gasteiger partial charge in [0.15, 0.2) is 6.79 Å². The number of hydrogen-bond donors (Lipinski definition) is 0. The maximum atomic E-state index is 12.5. The molecule has 0 spiro atoms. The van der Waals surface area contributed by atoms with Crippen molar-refractivity contribution >= 4 is 22.6 Å². The van der Waals surface area contributed by atoms with Crippen molar-refractivity contribution in [3.63, 3.8) is 0 Å². The monoisotopic (exact) mass is 346 g/mol. The van der Waals surface area contributed by atoms with Crippen LogP contribution in [0.1, 0.15) is 11.1 Å². The topological polar surface area (TPSA) is 18.5 Å². The highest BCUT2D eigenvalue weighted by Crippen LogP contribution is 2.35. The lowest BCUT2D eigenvalue weighted by Gasteiger charge is -2.13. The fourth-order valence-electron chi connectivity index (χ4n) is 1.13. The predicted molar refractivity (Wildman–Crippen MR) is 61.4 cm³/mol. The standard InChI is InChI=1S/C10H10F3IO2/c1-6-3-7(10(11,12)13)4-8(9(6)14)16-5-15-2/h3-4H,5H2,1-2H3. The molecule has 0 atom stereocenters. The minimum absolute atomic E-state index is 0.0727. The van der Waals surface area contributed by atoms with E-state index in [1.165, 1.54) is 7.11 Å². The van der Waals surface area contributed by atoms with Crippen LogP contribution < -0.4 is 4.74 Å². The van der Waals surface area contributed by atoms with Gasteiger partial charge in [-0.3, -0.25) is 0 Å². The number of aryl methyl sites for hydroxylation is 1. The molecule has 0 aliphatic heterocycles. The molecule has 2 nitrogen and oxygen atoms in total. The smallest absolute Gasteiger partial charge is 0.416 e. The van der Waals surface area contributed by atoms with E-state index in [0.29, 0.717) is 9.13 Å². The van der Waals surface area contributed by atoms with Crippen LogP contribution in [0.2, 0.25) is 0 Å². The number of hydrogen-bond acceptors (Lipinski definition) is 2. The summed E-state index contributed by atoms with van der Waals surface area (Å²) in [5, 5.41) is 0. The first-order valence-electron chi connectivity index (χ1n) is 4.35. The minimum atomic E-state index is -4.36. The first kappa shape index (κ1) is 13.6. The lowest BCUT2D eigenvalue weighted by atomic mass is 10.1. The fourth-order valence-corrected chi connectivity index (χ4v) is 1.60. The zero-order chi connectivity index (χ0) is 12.3. The van der Waals surface area contributed by atoms with Crippen molar-refractivity contribution in [3.8, 4) is 5.75 Å². The Morgan fingerprint density at radius 3 is 2.44 bits per heavy atom. The van der Waals surface area contributed by atoms with Crippen LogP contribution in [0.25, 0.3) is 0 Å². The van der Waals surface area contributed by atoms with E-state index in [2.05, 4.69) is 4.74 Å². The Morgan fingerprint density at radius 2 is 1.94 bits per heavy atom. The molecule has 1 rings (SSSR count). The third kappa shape index (κ3) is 3.24. The lowest BCUT2D eigenvalue weighted by molar-refractivity contribution is -0.137. The summed E-state index contributed by atoms with van der Waals surface area (Å²) < 4.78 is 47.9. The molecule has 1 aromatic carbocycles. The predicted octanol–water partition coefficient (Wildman–Crippen LogP) is 3.60. The Kier molecular flexibility index (Phi) is 4.43. The van der Waals surface area contributed by atoms with E-state index >= 15 is 0 Å². The molecular formula is C10H10F3IO2. The summed E-state index contributed by atoms with van der Waals surface area (Å²) in [5.74, 6) is 0.190. The molecule has 0 aromatic heterocycles. The van der Waals surface area contributed by atoms with Gasteiger partial charge in [-0.2, -0.15) is 13.2 Å². The molecule has 0 fully saturated rings. The largest absolute Gasteiger partial charge is 0.466 e. The van der Waals surface area contributed by atoms with E-state index in [0.717, 1.165) is 12.1 Å². The molecule has 1 aromatic rings. The second kappa shape index (κ2) is 5.22. The van der Waals surface area contributed by atoms with Gasteiger partial charge in [-0.05, 0) is 47.2 Å². The highest BCUT2D eigenvalue weighted by molar-refractivity contribution is 14.1. The summed E-state index contributed by atoms with van der Waals surface area (Å²) in [4.78, 5) is 0. The molecule has 0 unspecified atom stereocenters. The lowest BCUT2D eigenvalue weighted by Crippen LogP contribution is -2.08. The van der Waals surface area contributed by atoms with Gasteiger partial charge >= 0.3 is 6.18 Å². The van der Waals surface area contributed by atoms with E-state index in [4.69, 9.17) is 4.74 Å². The average molecular weight is 346 g/mol. The number of benzene rings is 1. The average Bonchev–Trinajstić information content (AvgIpc) is 2.18. The van der Waals surface area contributed by atoms with Gasteiger partial charge in [-0.25, -0.2) is 0 Å². The van der Waals surface area contributed by atoms with Crippen molar-refractivity contribution in [2.24, 2.45) is 0 Å². The number of ether oxygens (including phenoxy) is 2. The van der Waals surface area contributed by atoms with Gasteiger partial charge in [0.05, 0.1) is 9.13 Å². The van der Waals surface area contributed by atoms with Crippen molar-refractivity contribution in [2.75, 3.05) is 13.9 Å². The van der Waals surface area contributed by atoms with Gasteiger partial charge in [0.25, 0.3) is 0 Å². The molecule has 0 amide bonds. The Balaban J connectivity index is 3.12. The Labute approximate surface area is 105 Å². The van der Waals surface area contributed by atoms with E-state index in [9.17, 15) is 13.2 Å². The molecule has 0 saturated heterocycles. The number of methoxy groups -OCH3 is 1. The van der Waals surface area contributed by atoms with Crippen molar-refractivity contribution in [2.45, 2.75) is 13.1 Å². The molecule has 0 N–H and O–H groups in total. The zero-order valence-corrected chi connectivity index (χ0v) is 10.8. The molecule has 6 heteroatoms. The van der Waals surface area contributed by atoms with Crippen LogP contribution in [0.4, 0.5) is 13.2 Å². The van der Waals surface area contributed by atoms with Gasteiger partial charge in [0.2, 0.25) is 0 Å². The minimum Gasteiger partial charge on any atom is -0.466 e. The molecule has 0 radical (unpaired) electrons. The van der Waals surface area contributed by atoms with Crippen LogP contribution in [-0.4, -0.2) is 13.9 Å². The highest BCUT2D eigenvalue weighted by atomic mass is 127. The van der Waals surface area contributed by atoms with Crippen LogP contribution in [0.3, 0.4) is 0 Å². The van der Waals surface area contributed by atoms with Gasteiger partial charge < -0.3 is 9.47 Å². The summed E-state index contributed by atoms with van der Waals surface area (Å²) in [6, 6.07) is 2.08. The van der Waals surface area contributed by atoms with Gasteiger partial charge in [-0.1, -0.05) is 0 Å². The summed E-state index contributed by atoms with van der Waals surface area (Å²) in [7, 11) is 1.41. The van der Waals surface area contributed by atoms with Crippen molar-refractivity contribution in [1.29, 1.82) is 0 Å². The Bertz CT molecular complexity index is 377. The van der Waals surface area contributed by atoms with E-state index in [1.807, 2.05) is 22.6 Å². The van der Waals surface area contributed by atoms with Crippen molar-refractivity contribution in [1.82, 2.24) is 0 Å². The first-order chi connectivity index (χ1) is 7.36. The summed E-state index contributed by atoms with van der Waals surface area (Å²) in [6.07, 6.45) is -4.36. The molecule has 0 heterocycles. The first-order valence-corrected chi connectivity index (χ1v) is 5.43. The molecule has 0 aliphatic rings. The Hall–Kier alpha value is -0.500. The maximum Gasteiger partial charge on any atom is 0.416 e. The van der Waals surface area contributed by atoms with E-state index < -0.39 is 11.7 Å². The molecule has 16 heavy (non-hydrogen) atoms. The van der Waals surface area contributed by atoms with Crippen LogP contribution in [0.5, 0.6) is 5.75 Å². The molecule has 0 aliphatic carbocycles. The second-order valence-electron chi connectivity index (χ2n) is 3.15. The summed E-state index contributed by atoms with van der Waals surface area (Å²) in [5.41, 5.74) is -0.182.